The van der Waals surface area contributed by atoms with Gasteiger partial charge in [-0.25, -0.2) is 9.36 Å². The van der Waals surface area contributed by atoms with E-state index in [2.05, 4.69) is 20.4 Å². The molecule has 36 heavy (non-hydrogen) atoms. The van der Waals surface area contributed by atoms with Gasteiger partial charge in [-0.15, -0.1) is 20.4 Å². The zero-order valence-corrected chi connectivity index (χ0v) is 22.5. The minimum Gasteiger partial charge on any atom is -0.258 e. The number of nitrogens with zero attached hydrogens (tertiary/aromatic N) is 11. The number of rotatable bonds is 6. The van der Waals surface area contributed by atoms with Gasteiger partial charge in [0.15, 0.2) is 6.17 Å². The number of hydrogen-bond acceptors (Lipinski definition) is 14. The fourth-order valence-corrected chi connectivity index (χ4v) is 5.99. The molecule has 4 aromatic heterocycles. The second-order valence-electron chi connectivity index (χ2n) is 7.35. The predicted molar refractivity (Wildman–Crippen MR) is 136 cm³/mol. The first-order chi connectivity index (χ1) is 17.3. The predicted octanol–water partition coefficient (Wildman–Crippen LogP) is 3.61. The van der Waals surface area contributed by atoms with Gasteiger partial charge in [0.2, 0.25) is 19.9 Å². The molecule has 0 saturated heterocycles. The number of benzene rings is 1. The lowest BCUT2D eigenvalue weighted by Crippen LogP contribution is -2.34. The van der Waals surface area contributed by atoms with Crippen molar-refractivity contribution < 1.29 is 4.92 Å². The number of non-ortho nitro benzene ring substituents is 1. The van der Waals surface area contributed by atoms with E-state index in [1.807, 2.05) is 27.7 Å². The molecule has 0 N–H and O–H groups in total. The van der Waals surface area contributed by atoms with E-state index in [1.165, 1.54) is 57.5 Å². The van der Waals surface area contributed by atoms with Crippen LogP contribution >= 0.6 is 45.3 Å². The van der Waals surface area contributed by atoms with Crippen LogP contribution in [0.5, 0.6) is 0 Å². The molecule has 0 spiro atoms. The summed E-state index contributed by atoms with van der Waals surface area (Å²) in [6.45, 7) is 7.48. The second kappa shape index (κ2) is 9.84. The smallest absolute Gasteiger partial charge is 0.258 e. The van der Waals surface area contributed by atoms with Crippen LogP contribution < -0.4 is 9.60 Å². The van der Waals surface area contributed by atoms with E-state index in [0.717, 1.165) is 20.0 Å². The third-order valence-electron chi connectivity index (χ3n) is 4.65. The molecule has 0 fully saturated rings. The van der Waals surface area contributed by atoms with Gasteiger partial charge in [-0.05, 0) is 45.4 Å². The Morgan fingerprint density at radius 2 is 1.22 bits per heavy atom. The molecule has 0 aliphatic rings. The average molecular weight is 560 g/mol. The monoisotopic (exact) mass is 559 g/mol. The third kappa shape index (κ3) is 5.03. The number of nitro benzene ring substituents is 1. The van der Waals surface area contributed by atoms with Gasteiger partial charge in [-0.2, -0.15) is 20.2 Å². The lowest BCUT2D eigenvalue weighted by atomic mass is 10.1. The van der Waals surface area contributed by atoms with E-state index in [1.54, 1.807) is 21.5 Å². The van der Waals surface area contributed by atoms with Crippen molar-refractivity contribution in [3.63, 3.8) is 0 Å². The molecule has 184 valence electrons. The fourth-order valence-electron chi connectivity index (χ4n) is 3.23. The number of aromatic nitrogens is 8. The molecular formula is C19H17N11O2S4. The standard InChI is InChI=1S/C19H17N11O2S4/c1-9-22-24-16(33-9)20-18-28(26-11(3)35-18)15(13-5-7-14(8-6-13)30(31)32)29-19(36-12(4)27-29)21-17-25-23-10(2)34-17/h5-8,15H,1-4H3/b20-18-,21-19-. The SMILES string of the molecule is Cc1nnc(/N=c2\sc(C)nn2C(c2ccc([N+](=O)[O-])cc2)n2nc(C)s/c2=N\c2nnc(C)s2)s1. The highest BCUT2D eigenvalue weighted by Gasteiger charge is 2.24. The minimum absolute atomic E-state index is 0.0140. The van der Waals surface area contributed by atoms with Gasteiger partial charge < -0.3 is 0 Å². The highest BCUT2D eigenvalue weighted by atomic mass is 32.1. The van der Waals surface area contributed by atoms with Crippen molar-refractivity contribution in [1.82, 2.24) is 40.0 Å². The Kier molecular flexibility index (Phi) is 6.61. The zero-order valence-electron chi connectivity index (χ0n) is 19.3. The average Bonchev–Trinajstić information content (AvgIpc) is 3.60. The number of hydrogen-bond donors (Lipinski definition) is 0. The molecule has 0 unspecified atom stereocenters. The molecule has 17 heteroatoms. The van der Waals surface area contributed by atoms with Crippen LogP contribution in [0.1, 0.15) is 31.8 Å². The van der Waals surface area contributed by atoms with Gasteiger partial charge in [-0.1, -0.05) is 45.3 Å². The molecule has 0 saturated carbocycles. The van der Waals surface area contributed by atoms with Crippen molar-refractivity contribution in [3.05, 3.63) is 69.6 Å². The summed E-state index contributed by atoms with van der Waals surface area (Å²) >= 11 is 5.52. The lowest BCUT2D eigenvalue weighted by Gasteiger charge is -2.18. The van der Waals surface area contributed by atoms with E-state index in [0.29, 0.717) is 25.4 Å². The Morgan fingerprint density at radius 3 is 1.61 bits per heavy atom. The Bertz CT molecular complexity index is 1590. The molecule has 0 aliphatic carbocycles. The van der Waals surface area contributed by atoms with Gasteiger partial charge >= 0.3 is 0 Å². The minimum atomic E-state index is -0.638. The largest absolute Gasteiger partial charge is 0.269 e. The molecule has 4 heterocycles. The summed E-state index contributed by atoms with van der Waals surface area (Å²) in [5.41, 5.74) is 0.695. The highest BCUT2D eigenvalue weighted by molar-refractivity contribution is 7.15. The van der Waals surface area contributed by atoms with E-state index < -0.39 is 11.1 Å². The molecule has 0 radical (unpaired) electrons. The van der Waals surface area contributed by atoms with Crippen LogP contribution in [-0.2, 0) is 0 Å². The van der Waals surface area contributed by atoms with Crippen molar-refractivity contribution in [2.75, 3.05) is 0 Å². The number of aryl methyl sites for hydroxylation is 4. The molecule has 0 bridgehead atoms. The summed E-state index contributed by atoms with van der Waals surface area (Å²) in [6, 6.07) is 6.28. The quantitative estimate of drug-likeness (QED) is 0.226. The van der Waals surface area contributed by atoms with Crippen LogP contribution in [0.25, 0.3) is 0 Å². The summed E-state index contributed by atoms with van der Waals surface area (Å²) in [5, 5.41) is 41.2. The topological polar surface area (TPSA) is 155 Å². The van der Waals surface area contributed by atoms with E-state index in [-0.39, 0.29) is 5.69 Å². The van der Waals surface area contributed by atoms with Crippen molar-refractivity contribution in [1.29, 1.82) is 0 Å². The normalized spacial score (nSPS) is 12.7. The Hall–Kier alpha value is -3.54. The van der Waals surface area contributed by atoms with Gasteiger partial charge in [-0.3, -0.25) is 10.1 Å². The van der Waals surface area contributed by atoms with Crippen LogP contribution in [-0.4, -0.2) is 44.9 Å². The molecule has 0 atom stereocenters. The van der Waals surface area contributed by atoms with Crippen LogP contribution in [0.15, 0.2) is 34.3 Å². The molecule has 5 aromatic rings. The van der Waals surface area contributed by atoms with Crippen LogP contribution in [0, 0.1) is 37.8 Å². The van der Waals surface area contributed by atoms with Crippen LogP contribution in [0.2, 0.25) is 0 Å². The summed E-state index contributed by atoms with van der Waals surface area (Å²) in [7, 11) is 0. The summed E-state index contributed by atoms with van der Waals surface area (Å²) in [6.07, 6.45) is -0.638. The van der Waals surface area contributed by atoms with E-state index >= 15 is 0 Å². The lowest BCUT2D eigenvalue weighted by molar-refractivity contribution is -0.384. The first-order valence-electron chi connectivity index (χ1n) is 10.3. The van der Waals surface area contributed by atoms with Gasteiger partial charge in [0, 0.05) is 12.1 Å². The van der Waals surface area contributed by atoms with Crippen LogP contribution in [0.4, 0.5) is 16.0 Å². The molecule has 1 aromatic carbocycles. The number of nitro groups is 1. The first kappa shape index (κ1) is 24.2. The van der Waals surface area contributed by atoms with Crippen molar-refractivity contribution in [3.8, 4) is 0 Å². The highest BCUT2D eigenvalue weighted by Crippen LogP contribution is 2.24. The summed E-state index contributed by atoms with van der Waals surface area (Å²) < 4.78 is 3.45. The van der Waals surface area contributed by atoms with Crippen molar-refractivity contribution in [2.45, 2.75) is 33.9 Å². The first-order valence-corrected chi connectivity index (χ1v) is 13.6. The maximum absolute atomic E-state index is 11.3. The summed E-state index contributed by atoms with van der Waals surface area (Å²) in [4.78, 5) is 21.4. The Balaban J connectivity index is 1.75. The van der Waals surface area contributed by atoms with Crippen LogP contribution in [0.3, 0.4) is 0 Å². The molecule has 0 aliphatic heterocycles. The second-order valence-corrected chi connectivity index (χ2v) is 12.0. The van der Waals surface area contributed by atoms with Gasteiger partial charge in [0.25, 0.3) is 5.69 Å². The summed E-state index contributed by atoms with van der Waals surface area (Å²) in [5.74, 6) is 0. The van der Waals surface area contributed by atoms with Gasteiger partial charge in [0.1, 0.15) is 20.0 Å². The Labute approximate surface area is 219 Å². The third-order valence-corrected chi connectivity index (χ3v) is 7.79. The van der Waals surface area contributed by atoms with E-state index in [4.69, 9.17) is 20.2 Å². The fraction of sp³-hybridized carbons (Fsp3) is 0.263. The molecule has 13 nitrogen and oxygen atoms in total. The zero-order chi connectivity index (χ0) is 25.4. The maximum Gasteiger partial charge on any atom is 0.269 e. The van der Waals surface area contributed by atoms with Gasteiger partial charge in [0.05, 0.1) is 4.92 Å². The molecule has 0 amide bonds. The molecular weight excluding hydrogens is 543 g/mol. The molecule has 5 rings (SSSR count). The maximum atomic E-state index is 11.3. The van der Waals surface area contributed by atoms with Crippen molar-refractivity contribution in [2.24, 2.45) is 9.98 Å². The van der Waals surface area contributed by atoms with Crippen molar-refractivity contribution >= 4 is 61.3 Å². The van der Waals surface area contributed by atoms with E-state index in [9.17, 15) is 10.1 Å². The Morgan fingerprint density at radius 1 is 0.750 bits per heavy atom.